The summed E-state index contributed by atoms with van der Waals surface area (Å²) >= 11 is 0. The van der Waals surface area contributed by atoms with Gasteiger partial charge in [-0.15, -0.1) is 0 Å². The van der Waals surface area contributed by atoms with Crippen molar-refractivity contribution in [3.8, 4) is 11.8 Å². The SMILES string of the molecule is CCCCOc1ccc(C2CCC(C(=O)OC3CCC(CCC#N)CC3)CC2)cc1. The van der Waals surface area contributed by atoms with E-state index in [9.17, 15) is 4.79 Å². The number of carbonyl (C=O) groups excluding carboxylic acids is 1. The van der Waals surface area contributed by atoms with Crippen LogP contribution >= 0.6 is 0 Å². The fourth-order valence-electron chi connectivity index (χ4n) is 4.90. The number of esters is 1. The van der Waals surface area contributed by atoms with Crippen LogP contribution in [0.4, 0.5) is 0 Å². The van der Waals surface area contributed by atoms with Gasteiger partial charge in [-0.05, 0) is 93.7 Å². The van der Waals surface area contributed by atoms with Gasteiger partial charge >= 0.3 is 5.97 Å². The molecule has 0 radical (unpaired) electrons. The molecule has 0 aliphatic heterocycles. The minimum atomic E-state index is 0.0218. The molecular formula is C26H37NO3. The van der Waals surface area contributed by atoms with Gasteiger partial charge in [-0.2, -0.15) is 5.26 Å². The molecule has 2 aliphatic rings. The summed E-state index contributed by atoms with van der Waals surface area (Å²) in [6.45, 7) is 2.95. The Labute approximate surface area is 181 Å². The van der Waals surface area contributed by atoms with Gasteiger partial charge in [0, 0.05) is 6.42 Å². The first-order chi connectivity index (χ1) is 14.7. The average molecular weight is 412 g/mol. The van der Waals surface area contributed by atoms with Crippen molar-refractivity contribution in [3.63, 3.8) is 0 Å². The lowest BCUT2D eigenvalue weighted by molar-refractivity contribution is -0.157. The van der Waals surface area contributed by atoms with Crippen molar-refractivity contribution in [1.82, 2.24) is 0 Å². The Bertz CT molecular complexity index is 677. The number of rotatable bonds is 9. The molecule has 1 aromatic rings. The van der Waals surface area contributed by atoms with Crippen LogP contribution in [0.3, 0.4) is 0 Å². The lowest BCUT2D eigenvalue weighted by atomic mass is 9.78. The molecule has 0 N–H and O–H groups in total. The Balaban J connectivity index is 1.38. The van der Waals surface area contributed by atoms with Gasteiger partial charge in [0.15, 0.2) is 0 Å². The Morgan fingerprint density at radius 3 is 2.37 bits per heavy atom. The van der Waals surface area contributed by atoms with Crippen LogP contribution in [-0.4, -0.2) is 18.7 Å². The largest absolute Gasteiger partial charge is 0.494 e. The molecule has 3 rings (SSSR count). The first-order valence-electron chi connectivity index (χ1n) is 12.0. The summed E-state index contributed by atoms with van der Waals surface area (Å²) in [6.07, 6.45) is 12.0. The molecule has 4 heteroatoms. The second-order valence-corrected chi connectivity index (χ2v) is 9.10. The third-order valence-corrected chi connectivity index (χ3v) is 6.92. The molecule has 30 heavy (non-hydrogen) atoms. The normalized spacial score (nSPS) is 26.5. The summed E-state index contributed by atoms with van der Waals surface area (Å²) in [5.74, 6) is 2.21. The maximum Gasteiger partial charge on any atom is 0.309 e. The molecule has 0 saturated heterocycles. The molecule has 0 bridgehead atoms. The van der Waals surface area contributed by atoms with E-state index in [1.165, 1.54) is 5.56 Å². The standard InChI is InChI=1S/C26H37NO3/c1-2-3-19-29-24-16-12-22(13-17-24)21-8-10-23(11-9-21)26(28)30-25-14-6-20(7-15-25)5-4-18-27/h12-13,16-17,20-21,23,25H,2-11,14-15,19H2,1H3. The van der Waals surface area contributed by atoms with Crippen LogP contribution in [0.15, 0.2) is 24.3 Å². The van der Waals surface area contributed by atoms with Gasteiger partial charge in [0.05, 0.1) is 18.6 Å². The van der Waals surface area contributed by atoms with Gasteiger partial charge < -0.3 is 9.47 Å². The Hall–Kier alpha value is -2.02. The van der Waals surface area contributed by atoms with Crippen LogP contribution in [0.1, 0.15) is 95.5 Å². The fourth-order valence-corrected chi connectivity index (χ4v) is 4.90. The number of hydrogen-bond donors (Lipinski definition) is 0. The van der Waals surface area contributed by atoms with Gasteiger partial charge in [-0.25, -0.2) is 0 Å². The molecule has 2 fully saturated rings. The monoisotopic (exact) mass is 411 g/mol. The highest BCUT2D eigenvalue weighted by atomic mass is 16.5. The molecule has 0 spiro atoms. The van der Waals surface area contributed by atoms with E-state index in [2.05, 4.69) is 37.3 Å². The van der Waals surface area contributed by atoms with Crippen LogP contribution in [0.5, 0.6) is 5.75 Å². The first kappa shape index (κ1) is 22.7. The second-order valence-electron chi connectivity index (χ2n) is 9.10. The lowest BCUT2D eigenvalue weighted by Crippen LogP contribution is -2.29. The van der Waals surface area contributed by atoms with Crippen LogP contribution in [0, 0.1) is 23.2 Å². The van der Waals surface area contributed by atoms with Crippen molar-refractivity contribution >= 4 is 5.97 Å². The summed E-state index contributed by atoms with van der Waals surface area (Å²) in [6, 6.07) is 10.8. The molecule has 0 heterocycles. The Morgan fingerprint density at radius 1 is 1.03 bits per heavy atom. The number of ether oxygens (including phenoxy) is 2. The van der Waals surface area contributed by atoms with E-state index in [1.807, 2.05) is 0 Å². The van der Waals surface area contributed by atoms with E-state index < -0.39 is 0 Å². The van der Waals surface area contributed by atoms with E-state index in [1.54, 1.807) is 0 Å². The van der Waals surface area contributed by atoms with Gasteiger partial charge in [-0.3, -0.25) is 4.79 Å². The van der Waals surface area contributed by atoms with Crippen LogP contribution < -0.4 is 4.74 Å². The minimum Gasteiger partial charge on any atom is -0.494 e. The zero-order valence-corrected chi connectivity index (χ0v) is 18.5. The molecule has 164 valence electrons. The predicted molar refractivity (Wildman–Crippen MR) is 118 cm³/mol. The van der Waals surface area contributed by atoms with E-state index in [4.69, 9.17) is 14.7 Å². The van der Waals surface area contributed by atoms with Crippen molar-refractivity contribution < 1.29 is 14.3 Å². The fraction of sp³-hybridized carbons (Fsp3) is 0.692. The molecule has 0 amide bonds. The van der Waals surface area contributed by atoms with Gasteiger partial charge in [0.2, 0.25) is 0 Å². The quantitative estimate of drug-likeness (QED) is 0.342. The summed E-state index contributed by atoms with van der Waals surface area (Å²) < 4.78 is 11.6. The summed E-state index contributed by atoms with van der Waals surface area (Å²) in [4.78, 5) is 12.7. The molecule has 0 unspecified atom stereocenters. The van der Waals surface area contributed by atoms with Crippen molar-refractivity contribution in [3.05, 3.63) is 29.8 Å². The van der Waals surface area contributed by atoms with Gasteiger partial charge in [0.25, 0.3) is 0 Å². The molecular weight excluding hydrogens is 374 g/mol. The summed E-state index contributed by atoms with van der Waals surface area (Å²) in [5, 5.41) is 8.73. The predicted octanol–water partition coefficient (Wildman–Crippen LogP) is 6.55. The van der Waals surface area contributed by atoms with Gasteiger partial charge in [0.1, 0.15) is 11.9 Å². The number of nitrogens with zero attached hydrogens (tertiary/aromatic N) is 1. The van der Waals surface area contributed by atoms with E-state index in [0.29, 0.717) is 18.3 Å². The summed E-state index contributed by atoms with van der Waals surface area (Å²) in [7, 11) is 0. The Morgan fingerprint density at radius 2 is 1.73 bits per heavy atom. The van der Waals surface area contributed by atoms with Crippen molar-refractivity contribution in [2.75, 3.05) is 6.61 Å². The number of unbranched alkanes of at least 4 members (excludes halogenated alkanes) is 1. The highest BCUT2D eigenvalue weighted by Crippen LogP contribution is 2.37. The number of nitriles is 1. The second kappa shape index (κ2) is 12.0. The third kappa shape index (κ3) is 6.76. The topological polar surface area (TPSA) is 59.3 Å². The minimum absolute atomic E-state index is 0.0218. The molecule has 4 nitrogen and oxygen atoms in total. The molecule has 1 aromatic carbocycles. The van der Waals surface area contributed by atoms with Crippen LogP contribution in [0.2, 0.25) is 0 Å². The first-order valence-corrected chi connectivity index (χ1v) is 12.0. The highest BCUT2D eigenvalue weighted by Gasteiger charge is 2.31. The molecule has 0 aromatic heterocycles. The van der Waals surface area contributed by atoms with E-state index in [-0.39, 0.29) is 18.0 Å². The summed E-state index contributed by atoms with van der Waals surface area (Å²) in [5.41, 5.74) is 1.36. The molecule has 0 atom stereocenters. The lowest BCUT2D eigenvalue weighted by Gasteiger charge is -2.31. The van der Waals surface area contributed by atoms with Crippen LogP contribution in [0.25, 0.3) is 0 Å². The van der Waals surface area contributed by atoms with Crippen molar-refractivity contribution in [2.24, 2.45) is 11.8 Å². The number of benzene rings is 1. The maximum absolute atomic E-state index is 12.7. The van der Waals surface area contributed by atoms with Crippen LogP contribution in [-0.2, 0) is 9.53 Å². The van der Waals surface area contributed by atoms with Gasteiger partial charge in [-0.1, -0.05) is 25.5 Å². The molecule has 2 aliphatic carbocycles. The zero-order valence-electron chi connectivity index (χ0n) is 18.5. The maximum atomic E-state index is 12.7. The van der Waals surface area contributed by atoms with Crippen molar-refractivity contribution in [2.45, 2.75) is 96.0 Å². The third-order valence-electron chi connectivity index (χ3n) is 6.92. The smallest absolute Gasteiger partial charge is 0.309 e. The van der Waals surface area contributed by atoms with E-state index in [0.717, 1.165) is 83.0 Å². The number of hydrogen-bond acceptors (Lipinski definition) is 4. The van der Waals surface area contributed by atoms with Crippen molar-refractivity contribution in [1.29, 1.82) is 5.26 Å². The molecule has 2 saturated carbocycles. The highest BCUT2D eigenvalue weighted by molar-refractivity contribution is 5.72. The Kier molecular flexibility index (Phi) is 9.05. The average Bonchev–Trinajstić information content (AvgIpc) is 2.79. The zero-order chi connectivity index (χ0) is 21.2. The van der Waals surface area contributed by atoms with E-state index >= 15 is 0 Å². The number of carbonyl (C=O) groups is 1.